The van der Waals surface area contributed by atoms with Crippen LogP contribution in [0.15, 0.2) is 0 Å². The number of alkyl halides is 1. The molecule has 0 aromatic heterocycles. The molecular formula is C8H16ClNO2S. The van der Waals surface area contributed by atoms with Gasteiger partial charge in [0.2, 0.25) is 5.91 Å². The number of carbonyl (C=O) groups is 1. The van der Waals surface area contributed by atoms with Gasteiger partial charge in [-0.2, -0.15) is 0 Å². The highest BCUT2D eigenvalue weighted by molar-refractivity contribution is 7.84. The highest BCUT2D eigenvalue weighted by atomic mass is 35.5. The molecule has 3 nitrogen and oxygen atoms in total. The Balaban J connectivity index is 3.42. The van der Waals surface area contributed by atoms with Crippen LogP contribution in [0, 0.1) is 5.92 Å². The van der Waals surface area contributed by atoms with E-state index in [1.807, 2.05) is 0 Å². The van der Waals surface area contributed by atoms with Gasteiger partial charge in [0, 0.05) is 41.2 Å². The molecule has 2 unspecified atom stereocenters. The lowest BCUT2D eigenvalue weighted by atomic mass is 10.2. The lowest BCUT2D eigenvalue weighted by molar-refractivity contribution is -0.123. The Morgan fingerprint density at radius 2 is 2.23 bits per heavy atom. The largest absolute Gasteiger partial charge is 0.356 e. The van der Waals surface area contributed by atoms with E-state index in [4.69, 9.17) is 11.6 Å². The molecule has 13 heavy (non-hydrogen) atoms. The van der Waals surface area contributed by atoms with E-state index in [-0.39, 0.29) is 11.8 Å². The quantitative estimate of drug-likeness (QED) is 0.536. The van der Waals surface area contributed by atoms with Gasteiger partial charge in [0.1, 0.15) is 0 Å². The zero-order chi connectivity index (χ0) is 10.3. The van der Waals surface area contributed by atoms with Crippen LogP contribution in [-0.2, 0) is 15.6 Å². The second kappa shape index (κ2) is 7.33. The van der Waals surface area contributed by atoms with Crippen molar-refractivity contribution in [3.63, 3.8) is 0 Å². The zero-order valence-electron chi connectivity index (χ0n) is 8.01. The second-order valence-corrected chi connectivity index (χ2v) is 4.84. The Labute approximate surface area is 86.7 Å². The van der Waals surface area contributed by atoms with E-state index in [1.165, 1.54) is 0 Å². The van der Waals surface area contributed by atoms with Crippen molar-refractivity contribution in [2.45, 2.75) is 13.3 Å². The van der Waals surface area contributed by atoms with Crippen LogP contribution >= 0.6 is 11.6 Å². The normalized spacial score (nSPS) is 15.0. The van der Waals surface area contributed by atoms with Crippen LogP contribution < -0.4 is 5.32 Å². The molecule has 0 spiro atoms. The molecule has 0 aliphatic rings. The number of rotatable bonds is 6. The van der Waals surface area contributed by atoms with Crippen LogP contribution in [0.5, 0.6) is 0 Å². The Morgan fingerprint density at radius 1 is 1.62 bits per heavy atom. The maximum absolute atomic E-state index is 11.1. The SMILES string of the molecule is CC(CCl)C(=O)NCCCS(C)=O. The molecule has 0 aliphatic heterocycles. The molecule has 5 heteroatoms. The molecule has 0 saturated carbocycles. The molecular weight excluding hydrogens is 210 g/mol. The number of carbonyl (C=O) groups excluding carboxylic acids is 1. The lowest BCUT2D eigenvalue weighted by Gasteiger charge is -2.08. The van der Waals surface area contributed by atoms with Crippen molar-refractivity contribution in [1.82, 2.24) is 5.32 Å². The highest BCUT2D eigenvalue weighted by Gasteiger charge is 2.09. The predicted molar refractivity (Wildman–Crippen MR) is 56.4 cm³/mol. The summed E-state index contributed by atoms with van der Waals surface area (Å²) in [4.78, 5) is 11.1. The van der Waals surface area contributed by atoms with E-state index in [0.29, 0.717) is 18.2 Å². The van der Waals surface area contributed by atoms with Crippen molar-refractivity contribution in [2.75, 3.05) is 24.4 Å². The first-order valence-electron chi connectivity index (χ1n) is 4.21. The summed E-state index contributed by atoms with van der Waals surface area (Å²) in [6.45, 7) is 2.36. The minimum Gasteiger partial charge on any atom is -0.356 e. The van der Waals surface area contributed by atoms with Crippen molar-refractivity contribution < 1.29 is 9.00 Å². The Hall–Kier alpha value is -0.0900. The first-order valence-corrected chi connectivity index (χ1v) is 6.47. The van der Waals surface area contributed by atoms with E-state index >= 15 is 0 Å². The maximum atomic E-state index is 11.1. The fraction of sp³-hybridized carbons (Fsp3) is 0.875. The average Bonchev–Trinajstić information content (AvgIpc) is 2.10. The van der Waals surface area contributed by atoms with Gasteiger partial charge in [0.25, 0.3) is 0 Å². The first-order chi connectivity index (χ1) is 6.07. The van der Waals surface area contributed by atoms with E-state index in [2.05, 4.69) is 5.32 Å². The minimum atomic E-state index is -0.770. The van der Waals surface area contributed by atoms with Crippen LogP contribution in [0.4, 0.5) is 0 Å². The number of nitrogens with one attached hydrogen (secondary N) is 1. The summed E-state index contributed by atoms with van der Waals surface area (Å²) >= 11 is 5.50. The Morgan fingerprint density at radius 3 is 2.69 bits per heavy atom. The third kappa shape index (κ3) is 7.02. The third-order valence-corrected chi connectivity index (χ3v) is 2.91. The van der Waals surface area contributed by atoms with E-state index in [9.17, 15) is 9.00 Å². The lowest BCUT2D eigenvalue weighted by Crippen LogP contribution is -2.31. The molecule has 0 aliphatic carbocycles. The number of hydrogen-bond acceptors (Lipinski definition) is 2. The second-order valence-electron chi connectivity index (χ2n) is 2.98. The van der Waals surface area contributed by atoms with Crippen molar-refractivity contribution in [1.29, 1.82) is 0 Å². The van der Waals surface area contributed by atoms with Crippen molar-refractivity contribution in [2.24, 2.45) is 5.92 Å². The summed E-state index contributed by atoms with van der Waals surface area (Å²) < 4.78 is 10.7. The van der Waals surface area contributed by atoms with E-state index < -0.39 is 10.8 Å². The number of halogens is 1. The molecule has 1 amide bonds. The van der Waals surface area contributed by atoms with Gasteiger partial charge in [0.15, 0.2) is 0 Å². The fourth-order valence-corrected chi connectivity index (χ4v) is 1.42. The predicted octanol–water partition coefficient (Wildman–Crippen LogP) is 0.746. The third-order valence-electron chi connectivity index (χ3n) is 1.59. The Kier molecular flexibility index (Phi) is 7.28. The molecule has 0 bridgehead atoms. The monoisotopic (exact) mass is 225 g/mol. The summed E-state index contributed by atoms with van der Waals surface area (Å²) in [7, 11) is -0.770. The Bertz CT molecular complexity index is 187. The van der Waals surface area contributed by atoms with Crippen LogP contribution in [0.2, 0.25) is 0 Å². The summed E-state index contributed by atoms with van der Waals surface area (Å²) in [5.74, 6) is 0.798. The van der Waals surface area contributed by atoms with Crippen LogP contribution in [0.25, 0.3) is 0 Å². The standard InChI is InChI=1S/C8H16ClNO2S/c1-7(6-9)8(11)10-4-3-5-13(2)12/h7H,3-6H2,1-2H3,(H,10,11). The van der Waals surface area contributed by atoms with Crippen LogP contribution in [-0.4, -0.2) is 34.5 Å². The first kappa shape index (κ1) is 12.9. The number of hydrogen-bond donors (Lipinski definition) is 1. The zero-order valence-corrected chi connectivity index (χ0v) is 9.58. The van der Waals surface area contributed by atoms with Crippen LogP contribution in [0.3, 0.4) is 0 Å². The topological polar surface area (TPSA) is 46.2 Å². The van der Waals surface area contributed by atoms with Crippen LogP contribution in [0.1, 0.15) is 13.3 Å². The van der Waals surface area contributed by atoms with Gasteiger partial charge >= 0.3 is 0 Å². The highest BCUT2D eigenvalue weighted by Crippen LogP contribution is 1.97. The number of amides is 1. The summed E-state index contributed by atoms with van der Waals surface area (Å²) in [6.07, 6.45) is 2.41. The molecule has 0 aromatic rings. The molecule has 0 radical (unpaired) electrons. The van der Waals surface area contributed by atoms with Gasteiger partial charge in [-0.15, -0.1) is 11.6 Å². The molecule has 78 valence electrons. The summed E-state index contributed by atoms with van der Waals surface area (Å²) in [6, 6.07) is 0. The average molecular weight is 226 g/mol. The molecule has 1 N–H and O–H groups in total. The molecule has 0 aromatic carbocycles. The van der Waals surface area contributed by atoms with Gasteiger partial charge in [-0.05, 0) is 6.42 Å². The molecule has 0 saturated heterocycles. The summed E-state index contributed by atoms with van der Waals surface area (Å²) in [5, 5.41) is 2.73. The van der Waals surface area contributed by atoms with Gasteiger partial charge < -0.3 is 5.32 Å². The molecule has 0 heterocycles. The smallest absolute Gasteiger partial charge is 0.224 e. The fourth-order valence-electron chi connectivity index (χ4n) is 0.731. The molecule has 0 rings (SSSR count). The minimum absolute atomic E-state index is 0.0307. The van der Waals surface area contributed by atoms with Gasteiger partial charge in [-0.3, -0.25) is 9.00 Å². The van der Waals surface area contributed by atoms with Crippen molar-refractivity contribution >= 4 is 28.3 Å². The summed E-state index contributed by atoms with van der Waals surface area (Å²) in [5.41, 5.74) is 0. The van der Waals surface area contributed by atoms with Crippen molar-refractivity contribution in [3.8, 4) is 0 Å². The van der Waals surface area contributed by atoms with Gasteiger partial charge in [-0.25, -0.2) is 0 Å². The van der Waals surface area contributed by atoms with E-state index in [0.717, 1.165) is 6.42 Å². The van der Waals surface area contributed by atoms with Gasteiger partial charge in [0.05, 0.1) is 0 Å². The van der Waals surface area contributed by atoms with E-state index in [1.54, 1.807) is 13.2 Å². The molecule has 0 fully saturated rings. The van der Waals surface area contributed by atoms with Crippen molar-refractivity contribution in [3.05, 3.63) is 0 Å². The van der Waals surface area contributed by atoms with Gasteiger partial charge in [-0.1, -0.05) is 6.92 Å². The molecule has 2 atom stereocenters. The maximum Gasteiger partial charge on any atom is 0.224 e.